The minimum atomic E-state index is -0.935. The van der Waals surface area contributed by atoms with E-state index in [4.69, 9.17) is 10.2 Å². The largest absolute Gasteiger partial charge is 0.481 e. The number of carboxylic acid groups (broad SMARTS) is 2. The molecule has 4 heteroatoms. The molecule has 0 radical (unpaired) electrons. The smallest absolute Gasteiger partial charge is 0.330 e. The SMILES string of the molecule is C=C.C=C(C)C(=O)O.CC(C)C(=O)O. The highest BCUT2D eigenvalue weighted by molar-refractivity contribution is 5.84. The lowest BCUT2D eigenvalue weighted by Gasteiger charge is -1.89. The minimum absolute atomic E-state index is 0.176. The zero-order valence-electron chi connectivity index (χ0n) is 8.91. The summed E-state index contributed by atoms with van der Waals surface area (Å²) in [4.78, 5) is 19.3. The van der Waals surface area contributed by atoms with Crippen molar-refractivity contribution in [2.24, 2.45) is 5.92 Å². The number of rotatable bonds is 2. The molecule has 0 aliphatic rings. The zero-order chi connectivity index (χ0) is 12.3. The van der Waals surface area contributed by atoms with E-state index in [2.05, 4.69) is 19.7 Å². The first-order valence-electron chi connectivity index (χ1n) is 3.90. The quantitative estimate of drug-likeness (QED) is 0.531. The normalized spacial score (nSPS) is 7.43. The molecule has 2 N–H and O–H groups in total. The Bertz CT molecular complexity index is 182. The average molecular weight is 202 g/mol. The van der Waals surface area contributed by atoms with Gasteiger partial charge in [0.2, 0.25) is 0 Å². The number of aliphatic carboxylic acids is 2. The van der Waals surface area contributed by atoms with Crippen LogP contribution in [0.25, 0.3) is 0 Å². The predicted molar refractivity (Wildman–Crippen MR) is 56.2 cm³/mol. The van der Waals surface area contributed by atoms with Crippen LogP contribution in [0.15, 0.2) is 25.3 Å². The van der Waals surface area contributed by atoms with Crippen LogP contribution in [0.2, 0.25) is 0 Å². The molecule has 0 aliphatic carbocycles. The third kappa shape index (κ3) is 22.4. The third-order valence-electron chi connectivity index (χ3n) is 0.859. The Morgan fingerprint density at radius 3 is 1.29 bits per heavy atom. The van der Waals surface area contributed by atoms with Crippen LogP contribution in [0, 0.1) is 5.92 Å². The molecule has 0 fully saturated rings. The molecule has 0 saturated carbocycles. The van der Waals surface area contributed by atoms with Crippen LogP contribution in [0.5, 0.6) is 0 Å². The topological polar surface area (TPSA) is 74.6 Å². The third-order valence-corrected chi connectivity index (χ3v) is 0.859. The first kappa shape index (κ1) is 18.3. The van der Waals surface area contributed by atoms with E-state index in [1.165, 1.54) is 6.92 Å². The van der Waals surface area contributed by atoms with E-state index < -0.39 is 11.9 Å². The molecule has 4 nitrogen and oxygen atoms in total. The molecule has 0 rings (SSSR count). The summed E-state index contributed by atoms with van der Waals surface area (Å²) < 4.78 is 0. The molecule has 82 valence electrons. The van der Waals surface area contributed by atoms with Crippen LogP contribution in [-0.4, -0.2) is 22.2 Å². The standard InChI is InChI=1S/C4H8O2.C4H6O2.C2H4/c2*1-3(2)4(5)6;1-2/h3H,1-2H3,(H,5,6);1H2,2H3,(H,5,6);1-2H2. The molecule has 0 bridgehead atoms. The van der Waals surface area contributed by atoms with Gasteiger partial charge in [-0.05, 0) is 6.92 Å². The molecule has 0 atom stereocenters. The fourth-order valence-corrected chi connectivity index (χ4v) is 0. The Balaban J connectivity index is -0.000000147. The van der Waals surface area contributed by atoms with Gasteiger partial charge in [0.25, 0.3) is 0 Å². The second-order valence-electron chi connectivity index (χ2n) is 2.58. The average Bonchev–Trinajstić information content (AvgIpc) is 2.08. The van der Waals surface area contributed by atoms with E-state index in [1.807, 2.05) is 0 Å². The maximum absolute atomic E-state index is 9.70. The van der Waals surface area contributed by atoms with Gasteiger partial charge in [-0.15, -0.1) is 13.2 Å². The van der Waals surface area contributed by atoms with E-state index in [0.29, 0.717) is 0 Å². The van der Waals surface area contributed by atoms with E-state index in [9.17, 15) is 9.59 Å². The summed E-state index contributed by atoms with van der Waals surface area (Å²) in [5.41, 5.74) is 0.176. The van der Waals surface area contributed by atoms with Gasteiger partial charge in [0.05, 0.1) is 5.92 Å². The van der Waals surface area contributed by atoms with Gasteiger partial charge in [0.1, 0.15) is 0 Å². The number of carbonyl (C=O) groups is 2. The first-order valence-corrected chi connectivity index (χ1v) is 3.90. The Hall–Kier alpha value is -1.58. The number of carboxylic acids is 2. The lowest BCUT2D eigenvalue weighted by molar-refractivity contribution is -0.140. The Kier molecular flexibility index (Phi) is 14.9. The number of hydrogen-bond acceptors (Lipinski definition) is 2. The van der Waals surface area contributed by atoms with E-state index in [1.54, 1.807) is 13.8 Å². The van der Waals surface area contributed by atoms with Crippen molar-refractivity contribution in [1.82, 2.24) is 0 Å². The van der Waals surface area contributed by atoms with Crippen LogP contribution in [0.1, 0.15) is 20.8 Å². The molecular weight excluding hydrogens is 184 g/mol. The fourth-order valence-electron chi connectivity index (χ4n) is 0. The van der Waals surface area contributed by atoms with Crippen molar-refractivity contribution in [1.29, 1.82) is 0 Å². The Labute approximate surface area is 84.6 Å². The van der Waals surface area contributed by atoms with Gasteiger partial charge in [-0.3, -0.25) is 4.79 Å². The van der Waals surface area contributed by atoms with Crippen molar-refractivity contribution in [3.8, 4) is 0 Å². The van der Waals surface area contributed by atoms with Crippen LogP contribution in [0.3, 0.4) is 0 Å². The molecule has 0 unspecified atom stereocenters. The highest BCUT2D eigenvalue weighted by Crippen LogP contribution is 1.87. The van der Waals surface area contributed by atoms with Gasteiger partial charge in [-0.1, -0.05) is 20.4 Å². The molecule has 0 heterocycles. The minimum Gasteiger partial charge on any atom is -0.481 e. The summed E-state index contributed by atoms with van der Waals surface area (Å²) in [5.74, 6) is -1.91. The van der Waals surface area contributed by atoms with Crippen molar-refractivity contribution < 1.29 is 19.8 Å². The van der Waals surface area contributed by atoms with Gasteiger partial charge in [-0.2, -0.15) is 0 Å². The Morgan fingerprint density at radius 1 is 1.14 bits per heavy atom. The monoisotopic (exact) mass is 202 g/mol. The molecule has 0 aromatic carbocycles. The molecule has 0 saturated heterocycles. The maximum Gasteiger partial charge on any atom is 0.330 e. The molecule has 0 aromatic rings. The van der Waals surface area contributed by atoms with Crippen LogP contribution in [-0.2, 0) is 9.59 Å². The molecular formula is C10H18O4. The van der Waals surface area contributed by atoms with Gasteiger partial charge >= 0.3 is 11.9 Å². The zero-order valence-corrected chi connectivity index (χ0v) is 8.91. The molecule has 0 spiro atoms. The van der Waals surface area contributed by atoms with Crippen LogP contribution < -0.4 is 0 Å². The van der Waals surface area contributed by atoms with Gasteiger partial charge in [-0.25, -0.2) is 4.79 Å². The van der Waals surface area contributed by atoms with Crippen molar-refractivity contribution in [2.75, 3.05) is 0 Å². The van der Waals surface area contributed by atoms with Crippen molar-refractivity contribution >= 4 is 11.9 Å². The Morgan fingerprint density at radius 2 is 1.29 bits per heavy atom. The van der Waals surface area contributed by atoms with Gasteiger partial charge < -0.3 is 10.2 Å². The van der Waals surface area contributed by atoms with Crippen LogP contribution in [0.4, 0.5) is 0 Å². The lowest BCUT2D eigenvalue weighted by Crippen LogP contribution is -2.03. The molecule has 0 aliphatic heterocycles. The maximum atomic E-state index is 9.70. The summed E-state index contributed by atoms with van der Waals surface area (Å²) in [6.45, 7) is 13.9. The lowest BCUT2D eigenvalue weighted by atomic mass is 10.2. The van der Waals surface area contributed by atoms with E-state index >= 15 is 0 Å². The highest BCUT2D eigenvalue weighted by Gasteiger charge is 1.99. The summed E-state index contributed by atoms with van der Waals surface area (Å²) >= 11 is 0. The summed E-state index contributed by atoms with van der Waals surface area (Å²) in [5, 5.41) is 15.9. The van der Waals surface area contributed by atoms with Gasteiger partial charge in [0, 0.05) is 5.57 Å². The predicted octanol–water partition coefficient (Wildman–Crippen LogP) is 2.18. The molecule has 0 amide bonds. The van der Waals surface area contributed by atoms with E-state index in [0.717, 1.165) is 0 Å². The summed E-state index contributed by atoms with van der Waals surface area (Å²) in [6, 6.07) is 0. The summed E-state index contributed by atoms with van der Waals surface area (Å²) in [7, 11) is 0. The van der Waals surface area contributed by atoms with E-state index in [-0.39, 0.29) is 11.5 Å². The van der Waals surface area contributed by atoms with Crippen LogP contribution >= 0.6 is 0 Å². The highest BCUT2D eigenvalue weighted by atomic mass is 16.4. The first-order chi connectivity index (χ1) is 6.29. The number of hydrogen-bond donors (Lipinski definition) is 2. The molecule has 0 aromatic heterocycles. The van der Waals surface area contributed by atoms with Crippen molar-refractivity contribution in [3.63, 3.8) is 0 Å². The fraction of sp³-hybridized carbons (Fsp3) is 0.400. The summed E-state index contributed by atoms with van der Waals surface area (Å²) in [6.07, 6.45) is 0. The van der Waals surface area contributed by atoms with Gasteiger partial charge in [0.15, 0.2) is 0 Å². The van der Waals surface area contributed by atoms with Crippen molar-refractivity contribution in [2.45, 2.75) is 20.8 Å². The van der Waals surface area contributed by atoms with Crippen molar-refractivity contribution in [3.05, 3.63) is 25.3 Å². The molecule has 14 heavy (non-hydrogen) atoms. The second-order valence-corrected chi connectivity index (χ2v) is 2.58. The second kappa shape index (κ2) is 11.4.